The van der Waals surface area contributed by atoms with Gasteiger partial charge in [-0.2, -0.15) is 4.42 Å². The lowest BCUT2D eigenvalue weighted by Crippen LogP contribution is -2.53. The Morgan fingerprint density at radius 1 is 0.865 bits per heavy atom. The van der Waals surface area contributed by atoms with Crippen LogP contribution in [0.25, 0.3) is 0 Å². The van der Waals surface area contributed by atoms with E-state index in [0.717, 1.165) is 4.90 Å². The molecule has 21 heteroatoms. The molecule has 2 heterocycles. The molecule has 2 N–H and O–H groups in total. The third-order valence-corrected chi connectivity index (χ3v) is 6.81. The second-order valence-corrected chi connectivity index (χ2v) is 9.55. The summed E-state index contributed by atoms with van der Waals surface area (Å²) < 4.78 is 0.868. The number of amides is 10. The first-order chi connectivity index (χ1) is 17.2. The van der Waals surface area contributed by atoms with E-state index in [1.807, 2.05) is 6.92 Å². The molecule has 0 aliphatic carbocycles. The Labute approximate surface area is 235 Å². The molecule has 0 aromatic rings. The zero-order valence-corrected chi connectivity index (χ0v) is 22.9. The van der Waals surface area contributed by atoms with E-state index in [1.54, 1.807) is 6.92 Å². The smallest absolute Gasteiger partial charge is 0.353 e. The van der Waals surface area contributed by atoms with Gasteiger partial charge in [0, 0.05) is 65.4 Å². The molecule has 2 aliphatic rings. The fourth-order valence-corrected chi connectivity index (χ4v) is 4.40. The quantitative estimate of drug-likeness (QED) is 0.218. The van der Waals surface area contributed by atoms with Gasteiger partial charge < -0.3 is 10.2 Å². The number of carbonyl (C=O) groups excluding carboxylic acids is 6. The molecule has 2 saturated heterocycles. The monoisotopic (exact) mass is 628 g/mol. The van der Waals surface area contributed by atoms with Gasteiger partial charge in [-0.15, -0.1) is 0 Å². The molecule has 0 aromatic heterocycles. The molecule has 2 rings (SSSR count). The Bertz CT molecular complexity index is 964. The van der Waals surface area contributed by atoms with Crippen molar-refractivity contribution in [3.05, 3.63) is 0 Å². The van der Waals surface area contributed by atoms with Gasteiger partial charge in [0.05, 0.1) is 0 Å². The number of hydrogen-bond acceptors (Lipinski definition) is 8. The highest BCUT2D eigenvalue weighted by atomic mass is 35.5. The van der Waals surface area contributed by atoms with E-state index in [4.69, 9.17) is 58.9 Å². The van der Waals surface area contributed by atoms with Crippen molar-refractivity contribution in [2.45, 2.75) is 32.6 Å². The maximum atomic E-state index is 12.8. The van der Waals surface area contributed by atoms with Gasteiger partial charge in [-0.05, 0) is 5.92 Å². The number of halogens is 5. The van der Waals surface area contributed by atoms with Crippen LogP contribution in [0.3, 0.4) is 0 Å². The van der Waals surface area contributed by atoms with E-state index >= 15 is 0 Å². The zero-order valence-electron chi connectivity index (χ0n) is 19.1. The first-order valence-electron chi connectivity index (χ1n) is 10.2. The van der Waals surface area contributed by atoms with Crippen LogP contribution in [0.4, 0.5) is 19.2 Å². The minimum atomic E-state index is -1.88. The predicted molar refractivity (Wildman–Crippen MR) is 127 cm³/mol. The average molecular weight is 631 g/mol. The minimum absolute atomic E-state index is 0.00711. The number of hydrogen-bond donors (Lipinski definition) is 2. The second kappa shape index (κ2) is 12.6. The van der Waals surface area contributed by atoms with Gasteiger partial charge in [0.1, 0.15) is 20.1 Å². The van der Waals surface area contributed by atoms with Crippen LogP contribution in [0.2, 0.25) is 0 Å². The van der Waals surface area contributed by atoms with Crippen LogP contribution in [-0.4, -0.2) is 122 Å². The van der Waals surface area contributed by atoms with Crippen molar-refractivity contribution < 1.29 is 39.0 Å². The summed E-state index contributed by atoms with van der Waals surface area (Å²) in [6.07, 6.45) is -3.02. The van der Waals surface area contributed by atoms with Gasteiger partial charge in [0.25, 0.3) is 11.8 Å². The van der Waals surface area contributed by atoms with Crippen LogP contribution in [0, 0.1) is 5.92 Å². The van der Waals surface area contributed by atoms with Crippen molar-refractivity contribution in [2.24, 2.45) is 5.92 Å². The van der Waals surface area contributed by atoms with Crippen LogP contribution in [-0.2, 0) is 9.59 Å². The highest BCUT2D eigenvalue weighted by molar-refractivity contribution is 6.35. The van der Waals surface area contributed by atoms with Gasteiger partial charge in [-0.1, -0.05) is 20.3 Å². The van der Waals surface area contributed by atoms with Crippen molar-refractivity contribution in [3.63, 3.8) is 0 Å². The highest BCUT2D eigenvalue weighted by Crippen LogP contribution is 2.27. The number of imide groups is 2. The van der Waals surface area contributed by atoms with Crippen LogP contribution in [0.15, 0.2) is 0 Å². The first-order valence-corrected chi connectivity index (χ1v) is 11.9. The molecule has 16 nitrogen and oxygen atoms in total. The Balaban J connectivity index is 2.11. The molecule has 0 saturated carbocycles. The van der Waals surface area contributed by atoms with Crippen molar-refractivity contribution in [1.29, 1.82) is 0 Å². The fourth-order valence-electron chi connectivity index (χ4n) is 3.14. The first kappa shape index (κ1) is 31.0. The largest absolute Gasteiger partial charge is 0.376 e. The summed E-state index contributed by atoms with van der Waals surface area (Å²) in [6, 6.07) is -4.78. The third-order valence-electron chi connectivity index (χ3n) is 5.34. The number of rotatable bonds is 9. The summed E-state index contributed by atoms with van der Waals surface area (Å²) in [5.74, 6) is -2.17. The van der Waals surface area contributed by atoms with Gasteiger partial charge in [-0.25, -0.2) is 36.9 Å². The molecule has 10 amide bonds. The van der Waals surface area contributed by atoms with E-state index in [-0.39, 0.29) is 34.6 Å². The van der Waals surface area contributed by atoms with E-state index in [2.05, 4.69) is 0 Å². The maximum Gasteiger partial charge on any atom is 0.353 e. The molecule has 37 heavy (non-hydrogen) atoms. The number of aliphatic hydroxyl groups is 2. The summed E-state index contributed by atoms with van der Waals surface area (Å²) >= 11 is 29.1. The van der Waals surface area contributed by atoms with Crippen LogP contribution < -0.4 is 0 Å². The lowest BCUT2D eigenvalue weighted by atomic mass is 10.1. The van der Waals surface area contributed by atoms with Gasteiger partial charge in [0.15, 0.2) is 0 Å². The molecule has 0 bridgehead atoms. The Morgan fingerprint density at radius 2 is 1.30 bits per heavy atom. The Kier molecular flexibility index (Phi) is 10.5. The molecule has 2 fully saturated rings. The zero-order chi connectivity index (χ0) is 28.4. The van der Waals surface area contributed by atoms with Gasteiger partial charge in [-0.3, -0.25) is 24.3 Å². The average Bonchev–Trinajstić information content (AvgIpc) is 3.24. The molecule has 0 aromatic carbocycles. The normalized spacial score (nSPS) is 20.7. The summed E-state index contributed by atoms with van der Waals surface area (Å²) in [7, 11) is 0. The second-order valence-electron chi connectivity index (χ2n) is 7.67. The third kappa shape index (κ3) is 5.94. The summed E-state index contributed by atoms with van der Waals surface area (Å²) in [5.41, 5.74) is 0. The minimum Gasteiger partial charge on any atom is -0.376 e. The molecule has 3 atom stereocenters. The molecule has 0 spiro atoms. The molecule has 2 aliphatic heterocycles. The van der Waals surface area contributed by atoms with Crippen LogP contribution in [0.5, 0.6) is 0 Å². The van der Waals surface area contributed by atoms with Crippen molar-refractivity contribution in [1.82, 2.24) is 36.8 Å². The van der Waals surface area contributed by atoms with Crippen molar-refractivity contribution in [2.75, 3.05) is 26.7 Å². The van der Waals surface area contributed by atoms with E-state index < -0.39 is 68.4 Å². The number of nitrogens with zero attached hydrogens (tertiary/aromatic N) is 8. The van der Waals surface area contributed by atoms with Crippen LogP contribution >= 0.6 is 58.9 Å². The molecule has 3 unspecified atom stereocenters. The van der Waals surface area contributed by atoms with Crippen molar-refractivity contribution >= 4 is 94.8 Å². The number of aliphatic hydroxyl groups excluding tert-OH is 2. The predicted octanol–water partition coefficient (Wildman–Crippen LogP) is 1.29. The number of carbonyl (C=O) groups is 6. The summed E-state index contributed by atoms with van der Waals surface area (Å²) in [4.78, 5) is 76.5. The standard InChI is InChI=1S/C16H21Cl5N8O8/c1-3-8(2)4-22-11(32)9(23(6-30)13(22)34)27(19)15(36)25(17)5-26(18)16(37)28(20)10-12(33)29(21)14(35)24(10)7-31/h8-10,30-31H,3-7H2,1-2H3. The van der Waals surface area contributed by atoms with E-state index in [9.17, 15) is 39.0 Å². The lowest BCUT2D eigenvalue weighted by Gasteiger charge is -2.30. The lowest BCUT2D eigenvalue weighted by molar-refractivity contribution is -0.131. The summed E-state index contributed by atoms with van der Waals surface area (Å²) in [5, 5.41) is 18.9. The summed E-state index contributed by atoms with van der Waals surface area (Å²) in [6.45, 7) is 0.673. The molecular weight excluding hydrogens is 609 g/mol. The fraction of sp³-hybridized carbons (Fsp3) is 0.625. The molecule has 208 valence electrons. The topological polar surface area (TPSA) is 169 Å². The van der Waals surface area contributed by atoms with Crippen LogP contribution in [0.1, 0.15) is 20.3 Å². The number of urea groups is 4. The highest BCUT2D eigenvalue weighted by Gasteiger charge is 2.52. The molecular formula is C16H21Cl5N8O8. The van der Waals surface area contributed by atoms with Crippen molar-refractivity contribution in [3.8, 4) is 0 Å². The van der Waals surface area contributed by atoms with E-state index in [0.29, 0.717) is 16.2 Å². The Morgan fingerprint density at radius 3 is 1.73 bits per heavy atom. The SMILES string of the molecule is CCC(C)CN1C(=O)C(N(Cl)C(=O)N(Cl)CN(Cl)C(=O)N(Cl)C2C(=O)N(Cl)C(=O)N2CO)N(CO)C1=O. The van der Waals surface area contributed by atoms with E-state index in [1.165, 1.54) is 0 Å². The van der Waals surface area contributed by atoms with Gasteiger partial charge >= 0.3 is 24.1 Å². The van der Waals surface area contributed by atoms with Gasteiger partial charge in [0.2, 0.25) is 12.3 Å². The maximum absolute atomic E-state index is 12.8. The molecule has 0 radical (unpaired) electrons. The Hall–Kier alpha value is -2.21.